The van der Waals surface area contributed by atoms with E-state index >= 15 is 0 Å². The van der Waals surface area contributed by atoms with Crippen LogP contribution >= 0.6 is 0 Å². The molecule has 0 aromatic rings. The Hall–Kier alpha value is -0.830. The van der Waals surface area contributed by atoms with Crippen LogP contribution < -0.4 is 0 Å². The molecule has 1 aliphatic rings. The largest absolute Gasteiger partial charge is 0.432 e. The predicted octanol–water partition coefficient (Wildman–Crippen LogP) is 1.79. The standard InChI is InChI=1S/C11H19NO2/c1-8(2)11-7-10(14-9(3)13)5-6-12(11)4/h7-8,11H,5-6H2,1-4H3. The average molecular weight is 197 g/mol. The molecule has 0 saturated carbocycles. The van der Waals surface area contributed by atoms with Gasteiger partial charge in [0.25, 0.3) is 0 Å². The monoisotopic (exact) mass is 197 g/mol. The molecular formula is C11H19NO2. The van der Waals surface area contributed by atoms with Gasteiger partial charge in [0.2, 0.25) is 0 Å². The van der Waals surface area contributed by atoms with Crippen LogP contribution in [-0.4, -0.2) is 30.5 Å². The third kappa shape index (κ3) is 2.84. The Balaban J connectivity index is 2.69. The van der Waals surface area contributed by atoms with Crippen molar-refractivity contribution < 1.29 is 9.53 Å². The molecule has 0 bridgehead atoms. The number of carbonyl (C=O) groups is 1. The summed E-state index contributed by atoms with van der Waals surface area (Å²) in [6.45, 7) is 6.76. The van der Waals surface area contributed by atoms with Gasteiger partial charge in [0.05, 0.1) is 0 Å². The summed E-state index contributed by atoms with van der Waals surface area (Å²) >= 11 is 0. The molecule has 14 heavy (non-hydrogen) atoms. The molecule has 1 rings (SSSR count). The van der Waals surface area contributed by atoms with Crippen molar-refractivity contribution in [2.75, 3.05) is 13.6 Å². The molecule has 3 heteroatoms. The molecule has 0 N–H and O–H groups in total. The molecule has 0 aromatic heterocycles. The van der Waals surface area contributed by atoms with E-state index in [-0.39, 0.29) is 5.97 Å². The van der Waals surface area contributed by atoms with Crippen molar-refractivity contribution in [2.24, 2.45) is 5.92 Å². The normalized spacial score (nSPS) is 23.5. The quantitative estimate of drug-likeness (QED) is 0.632. The van der Waals surface area contributed by atoms with Crippen molar-refractivity contribution in [3.05, 3.63) is 11.8 Å². The van der Waals surface area contributed by atoms with Crippen LogP contribution in [0.2, 0.25) is 0 Å². The first-order valence-electron chi connectivity index (χ1n) is 5.10. The zero-order valence-corrected chi connectivity index (χ0v) is 9.41. The lowest BCUT2D eigenvalue weighted by Crippen LogP contribution is -2.38. The zero-order chi connectivity index (χ0) is 10.7. The lowest BCUT2D eigenvalue weighted by Gasteiger charge is -2.33. The van der Waals surface area contributed by atoms with E-state index < -0.39 is 0 Å². The van der Waals surface area contributed by atoms with Crippen LogP contribution in [0.1, 0.15) is 27.2 Å². The van der Waals surface area contributed by atoms with E-state index in [4.69, 9.17) is 4.74 Å². The van der Waals surface area contributed by atoms with Gasteiger partial charge >= 0.3 is 5.97 Å². The van der Waals surface area contributed by atoms with Crippen LogP contribution in [0.3, 0.4) is 0 Å². The summed E-state index contributed by atoms with van der Waals surface area (Å²) < 4.78 is 5.12. The minimum absolute atomic E-state index is 0.219. The minimum atomic E-state index is -0.219. The molecule has 0 amide bonds. The second-order valence-electron chi connectivity index (χ2n) is 4.19. The maximum atomic E-state index is 10.8. The first-order valence-corrected chi connectivity index (χ1v) is 5.10. The third-order valence-electron chi connectivity index (χ3n) is 2.53. The van der Waals surface area contributed by atoms with Gasteiger partial charge in [-0.2, -0.15) is 0 Å². The molecule has 3 nitrogen and oxygen atoms in total. The Morgan fingerprint density at radius 3 is 2.79 bits per heavy atom. The number of hydrogen-bond donors (Lipinski definition) is 0. The molecule has 0 radical (unpaired) electrons. The average Bonchev–Trinajstić information content (AvgIpc) is 2.07. The summed E-state index contributed by atoms with van der Waals surface area (Å²) in [5.74, 6) is 1.16. The second-order valence-corrected chi connectivity index (χ2v) is 4.19. The molecule has 0 spiro atoms. The van der Waals surface area contributed by atoms with Crippen LogP contribution in [0.5, 0.6) is 0 Å². The van der Waals surface area contributed by atoms with Gasteiger partial charge in [-0.15, -0.1) is 0 Å². The Morgan fingerprint density at radius 1 is 1.64 bits per heavy atom. The SMILES string of the molecule is CC(=O)OC1=CC(C(C)C)N(C)CC1. The highest BCUT2D eigenvalue weighted by Crippen LogP contribution is 2.21. The van der Waals surface area contributed by atoms with Gasteiger partial charge in [-0.1, -0.05) is 13.8 Å². The lowest BCUT2D eigenvalue weighted by molar-refractivity contribution is -0.137. The van der Waals surface area contributed by atoms with Crippen molar-refractivity contribution >= 4 is 5.97 Å². The molecule has 1 atom stereocenters. The maximum Gasteiger partial charge on any atom is 0.307 e. The minimum Gasteiger partial charge on any atom is -0.432 e. The van der Waals surface area contributed by atoms with Crippen LogP contribution in [0, 0.1) is 5.92 Å². The van der Waals surface area contributed by atoms with Gasteiger partial charge in [0.1, 0.15) is 5.76 Å². The number of likely N-dealkylation sites (N-methyl/N-ethyl adjacent to an activating group) is 1. The van der Waals surface area contributed by atoms with Gasteiger partial charge in [0, 0.05) is 25.9 Å². The Kier molecular flexibility index (Phi) is 3.69. The maximum absolute atomic E-state index is 10.8. The van der Waals surface area contributed by atoms with E-state index in [1.165, 1.54) is 6.92 Å². The van der Waals surface area contributed by atoms with Crippen molar-refractivity contribution in [1.82, 2.24) is 4.90 Å². The Labute approximate surface area is 85.7 Å². The van der Waals surface area contributed by atoms with Gasteiger partial charge in [-0.25, -0.2) is 0 Å². The van der Waals surface area contributed by atoms with Crippen molar-refractivity contribution in [2.45, 2.75) is 33.2 Å². The van der Waals surface area contributed by atoms with Crippen molar-refractivity contribution in [3.8, 4) is 0 Å². The number of rotatable bonds is 2. The summed E-state index contributed by atoms with van der Waals surface area (Å²) in [4.78, 5) is 13.1. The number of nitrogens with zero attached hydrogens (tertiary/aromatic N) is 1. The zero-order valence-electron chi connectivity index (χ0n) is 9.41. The van der Waals surface area contributed by atoms with Gasteiger partial charge < -0.3 is 4.74 Å². The molecule has 0 aromatic carbocycles. The number of hydrogen-bond acceptors (Lipinski definition) is 3. The fourth-order valence-corrected chi connectivity index (χ4v) is 1.81. The number of esters is 1. The molecule has 1 aliphatic heterocycles. The van der Waals surface area contributed by atoms with E-state index in [1.807, 2.05) is 0 Å². The molecule has 0 aliphatic carbocycles. The van der Waals surface area contributed by atoms with Gasteiger partial charge in [-0.3, -0.25) is 9.69 Å². The van der Waals surface area contributed by atoms with E-state index in [9.17, 15) is 4.79 Å². The van der Waals surface area contributed by atoms with Gasteiger partial charge in [-0.05, 0) is 19.0 Å². The van der Waals surface area contributed by atoms with Crippen LogP contribution in [0.25, 0.3) is 0 Å². The molecule has 80 valence electrons. The van der Waals surface area contributed by atoms with E-state index in [1.54, 1.807) is 0 Å². The third-order valence-corrected chi connectivity index (χ3v) is 2.53. The van der Waals surface area contributed by atoms with Crippen molar-refractivity contribution in [3.63, 3.8) is 0 Å². The highest BCUT2D eigenvalue weighted by atomic mass is 16.5. The molecular weight excluding hydrogens is 178 g/mol. The first kappa shape index (κ1) is 11.2. The topological polar surface area (TPSA) is 29.5 Å². The number of carbonyl (C=O) groups excluding carboxylic acids is 1. The molecule has 1 heterocycles. The summed E-state index contributed by atoms with van der Waals surface area (Å²) in [6, 6.07) is 0.387. The van der Waals surface area contributed by atoms with Crippen LogP contribution in [0.4, 0.5) is 0 Å². The summed E-state index contributed by atoms with van der Waals surface area (Å²) in [5, 5.41) is 0. The lowest BCUT2D eigenvalue weighted by atomic mass is 9.98. The highest BCUT2D eigenvalue weighted by molar-refractivity contribution is 5.67. The molecule has 0 saturated heterocycles. The molecule has 0 fully saturated rings. The summed E-state index contributed by atoms with van der Waals surface area (Å²) in [6.07, 6.45) is 2.90. The molecule has 1 unspecified atom stereocenters. The van der Waals surface area contributed by atoms with E-state index in [0.717, 1.165) is 18.7 Å². The Morgan fingerprint density at radius 2 is 2.29 bits per heavy atom. The number of ether oxygens (including phenoxy) is 1. The van der Waals surface area contributed by atoms with Gasteiger partial charge in [0.15, 0.2) is 0 Å². The predicted molar refractivity (Wildman–Crippen MR) is 55.7 cm³/mol. The summed E-state index contributed by atoms with van der Waals surface area (Å²) in [7, 11) is 2.10. The van der Waals surface area contributed by atoms with Crippen molar-refractivity contribution in [1.29, 1.82) is 0 Å². The highest BCUT2D eigenvalue weighted by Gasteiger charge is 2.22. The summed E-state index contributed by atoms with van der Waals surface area (Å²) in [5.41, 5.74) is 0. The van der Waals surface area contributed by atoms with E-state index in [2.05, 4.69) is 31.9 Å². The Bertz CT molecular complexity index is 246. The first-order chi connectivity index (χ1) is 6.50. The smallest absolute Gasteiger partial charge is 0.307 e. The second kappa shape index (κ2) is 4.60. The fraction of sp³-hybridized carbons (Fsp3) is 0.727. The van der Waals surface area contributed by atoms with E-state index in [0.29, 0.717) is 12.0 Å². The van der Waals surface area contributed by atoms with Crippen LogP contribution in [0.15, 0.2) is 11.8 Å². The van der Waals surface area contributed by atoms with Crippen LogP contribution in [-0.2, 0) is 9.53 Å². The fourth-order valence-electron chi connectivity index (χ4n) is 1.81.